The van der Waals surface area contributed by atoms with Crippen molar-refractivity contribution in [2.45, 2.75) is 13.8 Å². The zero-order chi connectivity index (χ0) is 28.8. The smallest absolute Gasteiger partial charge is 0.229 e. The van der Waals surface area contributed by atoms with Crippen molar-refractivity contribution in [3.63, 3.8) is 0 Å². The fraction of sp³-hybridized carbons (Fsp3) is 0.0513. The minimum atomic E-state index is 0.504. The summed E-state index contributed by atoms with van der Waals surface area (Å²) in [4.78, 5) is 3.86. The Morgan fingerprint density at radius 1 is 0.581 bits per heavy atom. The van der Waals surface area contributed by atoms with Crippen LogP contribution in [-0.4, -0.2) is 4.57 Å². The van der Waals surface area contributed by atoms with Gasteiger partial charge in [-0.3, -0.25) is 0 Å². The van der Waals surface area contributed by atoms with Gasteiger partial charge in [0.25, 0.3) is 0 Å². The van der Waals surface area contributed by atoms with Gasteiger partial charge in [0.05, 0.1) is 23.3 Å². The van der Waals surface area contributed by atoms with Gasteiger partial charge in [-0.1, -0.05) is 71.8 Å². The van der Waals surface area contributed by atoms with Crippen LogP contribution < -0.4 is 0 Å². The van der Waals surface area contributed by atoms with E-state index < -0.39 is 0 Å². The Hall–Kier alpha value is -5.79. The number of furan rings is 2. The van der Waals surface area contributed by atoms with Crippen LogP contribution in [0.3, 0.4) is 0 Å². The second-order valence-corrected chi connectivity index (χ2v) is 11.4. The highest BCUT2D eigenvalue weighted by molar-refractivity contribution is 6.19. The van der Waals surface area contributed by atoms with Crippen molar-refractivity contribution < 1.29 is 8.83 Å². The van der Waals surface area contributed by atoms with E-state index in [0.29, 0.717) is 11.3 Å². The van der Waals surface area contributed by atoms with E-state index in [0.717, 1.165) is 66.1 Å². The normalized spacial score (nSPS) is 11.9. The summed E-state index contributed by atoms with van der Waals surface area (Å²) in [5.74, 6) is 0. The van der Waals surface area contributed by atoms with Crippen LogP contribution in [0, 0.1) is 20.4 Å². The topological polar surface area (TPSA) is 35.6 Å². The number of nitrogens with zero attached hydrogens (tertiary/aromatic N) is 2. The molecule has 3 heterocycles. The van der Waals surface area contributed by atoms with Crippen molar-refractivity contribution in [1.82, 2.24) is 4.57 Å². The molecular formula is C39H24N2O2. The minimum Gasteiger partial charge on any atom is -0.465 e. The maximum Gasteiger partial charge on any atom is 0.229 e. The lowest BCUT2D eigenvalue weighted by molar-refractivity contribution is 0.668. The third-order valence-corrected chi connectivity index (χ3v) is 8.73. The maximum absolute atomic E-state index is 7.95. The highest BCUT2D eigenvalue weighted by atomic mass is 16.3. The van der Waals surface area contributed by atoms with Crippen molar-refractivity contribution in [1.29, 1.82) is 0 Å². The van der Waals surface area contributed by atoms with Gasteiger partial charge < -0.3 is 13.4 Å². The largest absolute Gasteiger partial charge is 0.465 e. The monoisotopic (exact) mass is 552 g/mol. The number of aromatic nitrogens is 1. The highest BCUT2D eigenvalue weighted by Crippen LogP contribution is 2.45. The first-order valence-corrected chi connectivity index (χ1v) is 14.4. The third-order valence-electron chi connectivity index (χ3n) is 8.73. The van der Waals surface area contributed by atoms with E-state index in [9.17, 15) is 0 Å². The number of fused-ring (bicyclic) bond motifs is 9. The highest BCUT2D eigenvalue weighted by Gasteiger charge is 2.21. The average Bonchev–Trinajstić information content (AvgIpc) is 3.70. The molecule has 0 radical (unpaired) electrons. The molecule has 202 valence electrons. The summed E-state index contributed by atoms with van der Waals surface area (Å²) in [5.41, 5.74) is 11.4. The zero-order valence-electron chi connectivity index (χ0n) is 23.6. The van der Waals surface area contributed by atoms with Crippen LogP contribution in [0.25, 0.3) is 87.3 Å². The van der Waals surface area contributed by atoms with Gasteiger partial charge >= 0.3 is 0 Å². The van der Waals surface area contributed by atoms with E-state index in [1.54, 1.807) is 0 Å². The molecule has 9 rings (SSSR count). The summed E-state index contributed by atoms with van der Waals surface area (Å²) in [6.07, 6.45) is 0. The van der Waals surface area contributed by atoms with Crippen LogP contribution in [0.5, 0.6) is 0 Å². The fourth-order valence-electron chi connectivity index (χ4n) is 6.78. The Morgan fingerprint density at radius 3 is 2.07 bits per heavy atom. The molecule has 0 atom stereocenters. The molecule has 0 spiro atoms. The van der Waals surface area contributed by atoms with Crippen LogP contribution >= 0.6 is 0 Å². The Labute approximate surface area is 246 Å². The summed E-state index contributed by atoms with van der Waals surface area (Å²) < 4.78 is 15.1. The molecule has 43 heavy (non-hydrogen) atoms. The fourth-order valence-corrected chi connectivity index (χ4v) is 6.78. The van der Waals surface area contributed by atoms with Gasteiger partial charge in [-0.25, -0.2) is 4.85 Å². The van der Waals surface area contributed by atoms with E-state index in [1.807, 2.05) is 36.4 Å². The van der Waals surface area contributed by atoms with Gasteiger partial charge in [0.15, 0.2) is 5.58 Å². The van der Waals surface area contributed by atoms with E-state index >= 15 is 0 Å². The van der Waals surface area contributed by atoms with Gasteiger partial charge in [-0.05, 0) is 73.5 Å². The Bertz CT molecular complexity index is 2600. The maximum atomic E-state index is 7.95. The molecule has 6 aromatic carbocycles. The summed E-state index contributed by atoms with van der Waals surface area (Å²) in [6.45, 7) is 12.2. The van der Waals surface area contributed by atoms with Gasteiger partial charge in [0.2, 0.25) is 5.69 Å². The van der Waals surface area contributed by atoms with Crippen molar-refractivity contribution in [2.75, 3.05) is 0 Å². The molecule has 9 aromatic rings. The van der Waals surface area contributed by atoms with Crippen molar-refractivity contribution >= 4 is 71.4 Å². The summed E-state index contributed by atoms with van der Waals surface area (Å²) >= 11 is 0. The SMILES string of the molecule is [C-]#[N+]c1ccc(-c2ccc3oc4ccccc4c3c2)c2c1oc1c(-n3c4ccc(C)cc4c4cc(C)ccc43)cccc12. The first-order valence-electron chi connectivity index (χ1n) is 14.4. The molecule has 0 N–H and O–H groups in total. The van der Waals surface area contributed by atoms with Crippen LogP contribution in [0.15, 0.2) is 118 Å². The Kier molecular flexibility index (Phi) is 4.78. The standard InChI is InChI=1S/C39H24N2O2/c1-22-11-16-32-28(19-22)29-20-23(2)12-17-33(29)41(32)34-9-6-8-27-37-25(14-15-31(40-3)39(37)43-38(27)34)24-13-18-36-30(21-24)26-7-4-5-10-35(26)42-36/h4-21H,1-2H3. The van der Waals surface area contributed by atoms with Gasteiger partial charge in [-0.2, -0.15) is 0 Å². The minimum absolute atomic E-state index is 0.504. The number of benzene rings is 6. The van der Waals surface area contributed by atoms with E-state index in [2.05, 4.69) is 96.1 Å². The molecule has 0 saturated heterocycles. The molecule has 0 fully saturated rings. The van der Waals surface area contributed by atoms with E-state index in [1.165, 1.54) is 21.9 Å². The molecule has 3 aromatic heterocycles. The number of para-hydroxylation sites is 2. The number of aryl methyl sites for hydroxylation is 2. The Morgan fingerprint density at radius 2 is 1.30 bits per heavy atom. The molecule has 0 unspecified atom stereocenters. The van der Waals surface area contributed by atoms with E-state index in [-0.39, 0.29) is 0 Å². The van der Waals surface area contributed by atoms with Crippen molar-refractivity contribution in [2.24, 2.45) is 0 Å². The number of hydrogen-bond acceptors (Lipinski definition) is 2. The Balaban J connectivity index is 1.37. The molecule has 0 bridgehead atoms. The summed E-state index contributed by atoms with van der Waals surface area (Å²) in [7, 11) is 0. The lowest BCUT2D eigenvalue weighted by atomic mass is 9.97. The average molecular weight is 553 g/mol. The van der Waals surface area contributed by atoms with Crippen molar-refractivity contribution in [3.05, 3.63) is 132 Å². The van der Waals surface area contributed by atoms with E-state index in [4.69, 9.17) is 15.4 Å². The molecule has 4 heteroatoms. The van der Waals surface area contributed by atoms with Crippen LogP contribution in [0.1, 0.15) is 11.1 Å². The predicted octanol–water partition coefficient (Wildman–Crippen LogP) is 11.4. The first-order chi connectivity index (χ1) is 21.1. The lowest BCUT2D eigenvalue weighted by Crippen LogP contribution is -1.94. The van der Waals surface area contributed by atoms with Crippen molar-refractivity contribution in [3.8, 4) is 16.8 Å². The summed E-state index contributed by atoms with van der Waals surface area (Å²) in [5, 5.41) is 6.53. The third kappa shape index (κ3) is 3.31. The predicted molar refractivity (Wildman–Crippen MR) is 177 cm³/mol. The number of rotatable bonds is 2. The molecular weight excluding hydrogens is 528 g/mol. The van der Waals surface area contributed by atoms with Crippen LogP contribution in [-0.2, 0) is 0 Å². The number of hydrogen-bond donors (Lipinski definition) is 0. The molecule has 0 aliphatic carbocycles. The first kappa shape index (κ1) is 23.9. The molecule has 0 amide bonds. The molecule has 0 saturated carbocycles. The van der Waals surface area contributed by atoms with Crippen LogP contribution in [0.4, 0.5) is 5.69 Å². The molecule has 0 aliphatic rings. The van der Waals surface area contributed by atoms with Gasteiger partial charge in [0, 0.05) is 32.3 Å². The second kappa shape index (κ2) is 8.61. The van der Waals surface area contributed by atoms with Gasteiger partial charge in [-0.15, -0.1) is 0 Å². The molecule has 4 nitrogen and oxygen atoms in total. The zero-order valence-corrected chi connectivity index (χ0v) is 23.6. The quantitative estimate of drug-likeness (QED) is 0.200. The second-order valence-electron chi connectivity index (χ2n) is 11.4. The summed E-state index contributed by atoms with van der Waals surface area (Å²) in [6, 6.07) is 37.9. The van der Waals surface area contributed by atoms with Gasteiger partial charge in [0.1, 0.15) is 16.7 Å². The van der Waals surface area contributed by atoms with Crippen LogP contribution in [0.2, 0.25) is 0 Å². The molecule has 0 aliphatic heterocycles. The lowest BCUT2D eigenvalue weighted by Gasteiger charge is -2.09.